The summed E-state index contributed by atoms with van der Waals surface area (Å²) < 4.78 is 0. The van der Waals surface area contributed by atoms with Crippen LogP contribution in [0.5, 0.6) is 0 Å². The Morgan fingerprint density at radius 3 is 0.727 bits per heavy atom. The van der Waals surface area contributed by atoms with Crippen LogP contribution >= 0.6 is 0 Å². The fourth-order valence-electron chi connectivity index (χ4n) is 7.18. The summed E-state index contributed by atoms with van der Waals surface area (Å²) in [6.45, 7) is 10.4. The van der Waals surface area contributed by atoms with Crippen molar-refractivity contribution in [3.05, 3.63) is 142 Å². The van der Waals surface area contributed by atoms with E-state index < -0.39 is 24.7 Å². The van der Waals surface area contributed by atoms with Gasteiger partial charge in [-0.2, -0.15) is 0 Å². The van der Waals surface area contributed by atoms with Gasteiger partial charge in [0, 0.05) is 26.2 Å². The second-order valence-corrected chi connectivity index (χ2v) is 12.9. The van der Waals surface area contributed by atoms with E-state index in [1.807, 2.05) is 0 Å². The third-order valence-electron chi connectivity index (χ3n) is 9.47. The Balaban J connectivity index is 1.32. The zero-order valence-corrected chi connectivity index (χ0v) is 26.0. The van der Waals surface area contributed by atoms with Crippen LogP contribution in [-0.2, 0) is 35.8 Å². The van der Waals surface area contributed by atoms with Gasteiger partial charge in [-0.05, 0) is 49.9 Å². The predicted molar refractivity (Wildman–Crippen MR) is 172 cm³/mol. The van der Waals surface area contributed by atoms with E-state index in [1.165, 1.54) is 22.3 Å². The Bertz CT molecular complexity index is 1400. The molecular formula is C38H40N4O2. The molecule has 0 aliphatic carbocycles. The maximum absolute atomic E-state index is 14.8. The average Bonchev–Trinajstić information content (AvgIpc) is 3.00. The van der Waals surface area contributed by atoms with Crippen LogP contribution in [0.15, 0.2) is 97.1 Å². The van der Waals surface area contributed by atoms with Crippen molar-refractivity contribution in [3.63, 3.8) is 0 Å². The molecule has 0 unspecified atom stereocenters. The van der Waals surface area contributed by atoms with Crippen molar-refractivity contribution in [2.75, 3.05) is 0 Å². The van der Waals surface area contributed by atoms with Gasteiger partial charge in [0.15, 0.2) is 11.6 Å². The number of nitrogens with zero attached hydrogens (tertiary/aromatic N) is 4. The SMILES string of the molecule is Cc1ccc(CN2C3C(=O)C4N(Cc5ccc(C)cc5)C2C(=O)C(N3Cc2ccc(C)cc2)N4Cc2ccc(C)cc2)cc1. The highest BCUT2D eigenvalue weighted by Crippen LogP contribution is 2.44. The summed E-state index contributed by atoms with van der Waals surface area (Å²) in [5.41, 5.74) is 9.17. The number of benzene rings is 4. The molecule has 44 heavy (non-hydrogen) atoms. The fourth-order valence-corrected chi connectivity index (χ4v) is 7.18. The first-order chi connectivity index (χ1) is 21.3. The highest BCUT2D eigenvalue weighted by molar-refractivity contribution is 6.00. The lowest BCUT2D eigenvalue weighted by atomic mass is 9.87. The first-order valence-corrected chi connectivity index (χ1v) is 15.6. The minimum Gasteiger partial charge on any atom is -0.293 e. The second kappa shape index (κ2) is 11.5. The Hall–Kier alpha value is -3.94. The number of rotatable bonds is 8. The first kappa shape index (κ1) is 28.8. The molecule has 6 nitrogen and oxygen atoms in total. The van der Waals surface area contributed by atoms with Gasteiger partial charge in [-0.1, -0.05) is 119 Å². The van der Waals surface area contributed by atoms with Crippen LogP contribution in [0, 0.1) is 27.7 Å². The van der Waals surface area contributed by atoms with E-state index in [1.54, 1.807) is 0 Å². The number of hydrogen-bond acceptors (Lipinski definition) is 6. The van der Waals surface area contributed by atoms with Crippen LogP contribution in [0.1, 0.15) is 44.5 Å². The van der Waals surface area contributed by atoms with Crippen LogP contribution in [0.25, 0.3) is 0 Å². The molecule has 4 aliphatic heterocycles. The van der Waals surface area contributed by atoms with Gasteiger partial charge in [-0.3, -0.25) is 29.2 Å². The van der Waals surface area contributed by atoms with E-state index in [4.69, 9.17) is 0 Å². The summed E-state index contributed by atoms with van der Waals surface area (Å²) in [5, 5.41) is 0. The molecular weight excluding hydrogens is 544 g/mol. The summed E-state index contributed by atoms with van der Waals surface area (Å²) in [5.74, 6) is 0.284. The van der Waals surface area contributed by atoms with Gasteiger partial charge in [0.05, 0.1) is 0 Å². The molecule has 224 valence electrons. The molecule has 0 radical (unpaired) electrons. The molecule has 0 N–H and O–H groups in total. The molecule has 8 rings (SSSR count). The molecule has 0 atom stereocenters. The highest BCUT2D eigenvalue weighted by atomic mass is 16.2. The number of carbonyl (C=O) groups is 2. The van der Waals surface area contributed by atoms with Gasteiger partial charge >= 0.3 is 0 Å². The molecule has 6 heteroatoms. The number of ketones is 2. The van der Waals surface area contributed by atoms with Crippen molar-refractivity contribution in [1.82, 2.24) is 19.6 Å². The predicted octanol–water partition coefficient (Wildman–Crippen LogP) is 5.71. The standard InChI is InChI=1S/C38H40N4O2/c1-25-5-13-29(14-6-25)21-39-35-33(43)38-41(23-31-17-9-27(3)10-18-31)36(39)34(44)37(40(35)22-30-15-7-26(2)8-16-30)42(38)24-32-19-11-28(4)12-20-32/h5-20,35-38H,21-24H2,1-4H3. The molecule has 0 saturated carbocycles. The van der Waals surface area contributed by atoms with Gasteiger partial charge < -0.3 is 0 Å². The topological polar surface area (TPSA) is 47.1 Å². The van der Waals surface area contributed by atoms with Crippen molar-refractivity contribution in [3.8, 4) is 0 Å². The zero-order chi connectivity index (χ0) is 30.5. The summed E-state index contributed by atoms with van der Waals surface area (Å²) in [6.07, 6.45) is -1.95. The lowest BCUT2D eigenvalue weighted by molar-refractivity contribution is -0.252. The number of hydrogen-bond donors (Lipinski definition) is 0. The Morgan fingerprint density at radius 2 is 0.545 bits per heavy atom. The molecule has 4 bridgehead atoms. The molecule has 0 spiro atoms. The Kier molecular flexibility index (Phi) is 7.55. The monoisotopic (exact) mass is 584 g/mol. The third-order valence-corrected chi connectivity index (χ3v) is 9.47. The minimum atomic E-state index is -0.487. The van der Waals surface area contributed by atoms with Crippen LogP contribution < -0.4 is 0 Å². The van der Waals surface area contributed by atoms with Crippen molar-refractivity contribution >= 4 is 11.6 Å². The van der Waals surface area contributed by atoms with E-state index in [2.05, 4.69) is 144 Å². The Morgan fingerprint density at radius 1 is 0.364 bits per heavy atom. The van der Waals surface area contributed by atoms with Crippen molar-refractivity contribution in [1.29, 1.82) is 0 Å². The molecule has 0 aromatic heterocycles. The quantitative estimate of drug-likeness (QED) is 0.264. The van der Waals surface area contributed by atoms with Crippen molar-refractivity contribution in [2.24, 2.45) is 0 Å². The van der Waals surface area contributed by atoms with Crippen LogP contribution in [0.4, 0.5) is 0 Å². The smallest absolute Gasteiger partial charge is 0.196 e. The molecule has 4 aromatic carbocycles. The molecule has 4 aliphatic rings. The molecule has 4 aromatic rings. The molecule has 0 amide bonds. The Labute approximate surface area is 260 Å². The van der Waals surface area contributed by atoms with Crippen LogP contribution in [0.3, 0.4) is 0 Å². The molecule has 4 saturated heterocycles. The highest BCUT2D eigenvalue weighted by Gasteiger charge is 2.66. The van der Waals surface area contributed by atoms with Gasteiger partial charge in [0.25, 0.3) is 0 Å². The van der Waals surface area contributed by atoms with Crippen molar-refractivity contribution < 1.29 is 9.59 Å². The number of aryl methyl sites for hydroxylation is 4. The molecule has 4 heterocycles. The normalized spacial score (nSPS) is 24.0. The average molecular weight is 585 g/mol. The lowest BCUT2D eigenvalue weighted by Crippen LogP contribution is -2.88. The summed E-state index contributed by atoms with van der Waals surface area (Å²) in [7, 11) is 0. The van der Waals surface area contributed by atoms with E-state index >= 15 is 0 Å². The molecule has 4 fully saturated rings. The van der Waals surface area contributed by atoms with E-state index in [-0.39, 0.29) is 11.6 Å². The van der Waals surface area contributed by atoms with E-state index in [0.29, 0.717) is 26.2 Å². The number of carbonyl (C=O) groups excluding carboxylic acids is 2. The zero-order valence-electron chi connectivity index (χ0n) is 26.0. The second-order valence-electron chi connectivity index (χ2n) is 12.9. The van der Waals surface area contributed by atoms with Gasteiger partial charge in [0.2, 0.25) is 0 Å². The van der Waals surface area contributed by atoms with Gasteiger partial charge in [-0.15, -0.1) is 0 Å². The van der Waals surface area contributed by atoms with E-state index in [9.17, 15) is 9.59 Å². The third kappa shape index (κ3) is 5.22. The van der Waals surface area contributed by atoms with Gasteiger partial charge in [0.1, 0.15) is 24.7 Å². The largest absolute Gasteiger partial charge is 0.293 e. The minimum absolute atomic E-state index is 0.142. The lowest BCUT2D eigenvalue weighted by Gasteiger charge is -2.66. The summed E-state index contributed by atoms with van der Waals surface area (Å²) in [6, 6.07) is 33.8. The van der Waals surface area contributed by atoms with Crippen LogP contribution in [0.2, 0.25) is 0 Å². The summed E-state index contributed by atoms with van der Waals surface area (Å²) in [4.78, 5) is 38.3. The van der Waals surface area contributed by atoms with Gasteiger partial charge in [-0.25, -0.2) is 0 Å². The first-order valence-electron chi connectivity index (χ1n) is 15.6. The number of Topliss-reactive ketones (excluding diaryl/α,β-unsaturated/α-hetero) is 2. The maximum Gasteiger partial charge on any atom is 0.196 e. The summed E-state index contributed by atoms with van der Waals surface area (Å²) >= 11 is 0. The van der Waals surface area contributed by atoms with Crippen molar-refractivity contribution in [2.45, 2.75) is 78.5 Å². The fraction of sp³-hybridized carbons (Fsp3) is 0.316. The van der Waals surface area contributed by atoms with E-state index in [0.717, 1.165) is 22.3 Å². The maximum atomic E-state index is 14.8. The van der Waals surface area contributed by atoms with Crippen LogP contribution in [-0.4, -0.2) is 55.8 Å².